The van der Waals surface area contributed by atoms with Gasteiger partial charge < -0.3 is 10.2 Å². The number of carbonyl (C=O) groups is 1. The van der Waals surface area contributed by atoms with Gasteiger partial charge in [-0.05, 0) is 31.2 Å². The molecule has 2 rings (SSSR count). The molecule has 0 spiro atoms. The van der Waals surface area contributed by atoms with Crippen LogP contribution in [0.4, 0.5) is 0 Å². The molecule has 0 bridgehead atoms. The van der Waals surface area contributed by atoms with Crippen molar-refractivity contribution in [3.05, 3.63) is 59.7 Å². The van der Waals surface area contributed by atoms with Crippen molar-refractivity contribution < 1.29 is 15.0 Å². The summed E-state index contributed by atoms with van der Waals surface area (Å²) in [6.45, 7) is 1.65. The lowest BCUT2D eigenvalue weighted by molar-refractivity contribution is 0.0955. The van der Waals surface area contributed by atoms with E-state index in [1.807, 2.05) is 6.07 Å². The number of phenols is 2. The van der Waals surface area contributed by atoms with Crippen LogP contribution >= 0.6 is 0 Å². The van der Waals surface area contributed by atoms with Gasteiger partial charge in [0.2, 0.25) is 0 Å². The highest BCUT2D eigenvalue weighted by molar-refractivity contribution is 6.02. The molecule has 0 saturated carbocycles. The molecule has 5 nitrogen and oxygen atoms in total. The second-order valence-corrected chi connectivity index (χ2v) is 4.21. The smallest absolute Gasteiger partial charge is 0.271 e. The summed E-state index contributed by atoms with van der Waals surface area (Å²) in [4.78, 5) is 11.8. The normalized spacial score (nSPS) is 11.2. The van der Waals surface area contributed by atoms with Crippen molar-refractivity contribution in [1.29, 1.82) is 0 Å². The third kappa shape index (κ3) is 3.14. The number of carbonyl (C=O) groups excluding carboxylic acids is 1. The molecular formula is C15H14N2O3. The minimum atomic E-state index is -0.330. The molecule has 20 heavy (non-hydrogen) atoms. The number of benzene rings is 2. The molecular weight excluding hydrogens is 256 g/mol. The quantitative estimate of drug-likeness (QED) is 0.591. The number of hydrazone groups is 1. The van der Waals surface area contributed by atoms with Crippen LogP contribution in [0.25, 0.3) is 0 Å². The van der Waals surface area contributed by atoms with Gasteiger partial charge in [0.05, 0.1) is 5.71 Å². The van der Waals surface area contributed by atoms with Crippen molar-refractivity contribution in [2.24, 2.45) is 5.10 Å². The van der Waals surface area contributed by atoms with Crippen LogP contribution in [0.5, 0.6) is 11.5 Å². The van der Waals surface area contributed by atoms with Crippen LogP contribution in [-0.4, -0.2) is 21.8 Å². The SMILES string of the molecule is C/C(=N/NC(=O)c1ccccc1)c1ccc(O)cc1O. The van der Waals surface area contributed by atoms with Crippen molar-refractivity contribution in [3.8, 4) is 11.5 Å². The van der Waals surface area contributed by atoms with E-state index in [0.717, 1.165) is 0 Å². The largest absolute Gasteiger partial charge is 0.508 e. The van der Waals surface area contributed by atoms with E-state index in [0.29, 0.717) is 16.8 Å². The van der Waals surface area contributed by atoms with Crippen LogP contribution in [0, 0.1) is 0 Å². The van der Waals surface area contributed by atoms with Gasteiger partial charge in [0.1, 0.15) is 11.5 Å². The Morgan fingerprint density at radius 1 is 1.10 bits per heavy atom. The summed E-state index contributed by atoms with van der Waals surface area (Å²) < 4.78 is 0. The Labute approximate surface area is 116 Å². The van der Waals surface area contributed by atoms with Crippen LogP contribution < -0.4 is 5.43 Å². The minimum Gasteiger partial charge on any atom is -0.508 e. The molecule has 0 saturated heterocycles. The van der Waals surface area contributed by atoms with Crippen LogP contribution in [0.1, 0.15) is 22.8 Å². The zero-order chi connectivity index (χ0) is 14.5. The molecule has 0 fully saturated rings. The topological polar surface area (TPSA) is 81.9 Å². The Morgan fingerprint density at radius 2 is 1.80 bits per heavy atom. The van der Waals surface area contributed by atoms with E-state index in [9.17, 15) is 15.0 Å². The summed E-state index contributed by atoms with van der Waals surface area (Å²) >= 11 is 0. The second kappa shape index (κ2) is 5.88. The van der Waals surface area contributed by atoms with Gasteiger partial charge >= 0.3 is 0 Å². The van der Waals surface area contributed by atoms with E-state index in [2.05, 4.69) is 10.5 Å². The molecule has 0 atom stereocenters. The van der Waals surface area contributed by atoms with E-state index >= 15 is 0 Å². The fourth-order valence-corrected chi connectivity index (χ4v) is 1.67. The van der Waals surface area contributed by atoms with E-state index < -0.39 is 0 Å². The maximum absolute atomic E-state index is 11.8. The molecule has 0 unspecified atom stereocenters. The Kier molecular flexibility index (Phi) is 4.00. The second-order valence-electron chi connectivity index (χ2n) is 4.21. The molecule has 102 valence electrons. The van der Waals surface area contributed by atoms with E-state index in [1.54, 1.807) is 31.2 Å². The standard InChI is InChI=1S/C15H14N2O3/c1-10(13-8-7-12(18)9-14(13)19)16-17-15(20)11-5-3-2-4-6-11/h2-9,18-19H,1H3,(H,17,20)/b16-10-. The Balaban J connectivity index is 2.13. The monoisotopic (exact) mass is 270 g/mol. The predicted molar refractivity (Wildman–Crippen MR) is 75.9 cm³/mol. The fraction of sp³-hybridized carbons (Fsp3) is 0.0667. The number of phenolic OH excluding ortho intramolecular Hbond substituents is 2. The van der Waals surface area contributed by atoms with Gasteiger partial charge in [-0.15, -0.1) is 0 Å². The molecule has 0 aliphatic carbocycles. The average Bonchev–Trinajstić information content (AvgIpc) is 2.45. The van der Waals surface area contributed by atoms with Gasteiger partial charge in [-0.3, -0.25) is 4.79 Å². The van der Waals surface area contributed by atoms with Gasteiger partial charge in [0, 0.05) is 17.2 Å². The first kappa shape index (κ1) is 13.6. The number of hydrogen-bond acceptors (Lipinski definition) is 4. The van der Waals surface area contributed by atoms with Crippen molar-refractivity contribution in [2.75, 3.05) is 0 Å². The molecule has 5 heteroatoms. The Bertz CT molecular complexity index is 651. The zero-order valence-electron chi connectivity index (χ0n) is 10.9. The van der Waals surface area contributed by atoms with Crippen LogP contribution in [0.15, 0.2) is 53.6 Å². The summed E-state index contributed by atoms with van der Waals surface area (Å²) in [6.07, 6.45) is 0. The summed E-state index contributed by atoms with van der Waals surface area (Å²) in [5.74, 6) is -0.462. The molecule has 2 aromatic carbocycles. The maximum Gasteiger partial charge on any atom is 0.271 e. The van der Waals surface area contributed by atoms with Crippen molar-refractivity contribution in [1.82, 2.24) is 5.43 Å². The molecule has 1 amide bonds. The Morgan fingerprint density at radius 3 is 2.45 bits per heavy atom. The third-order valence-electron chi connectivity index (χ3n) is 2.73. The Hall–Kier alpha value is -2.82. The fourth-order valence-electron chi connectivity index (χ4n) is 1.67. The van der Waals surface area contributed by atoms with E-state index in [-0.39, 0.29) is 17.4 Å². The van der Waals surface area contributed by atoms with E-state index in [4.69, 9.17) is 0 Å². The molecule has 3 N–H and O–H groups in total. The highest BCUT2D eigenvalue weighted by atomic mass is 16.3. The third-order valence-corrected chi connectivity index (χ3v) is 2.73. The first-order valence-corrected chi connectivity index (χ1v) is 6.00. The molecule has 0 aromatic heterocycles. The van der Waals surface area contributed by atoms with Gasteiger partial charge in [-0.25, -0.2) is 5.43 Å². The highest BCUT2D eigenvalue weighted by Crippen LogP contribution is 2.22. The first-order valence-electron chi connectivity index (χ1n) is 6.00. The predicted octanol–water partition coefficient (Wildman–Crippen LogP) is 2.25. The molecule has 0 aliphatic rings. The number of aromatic hydroxyl groups is 2. The number of nitrogens with zero attached hydrogens (tertiary/aromatic N) is 1. The summed E-state index contributed by atoms with van der Waals surface area (Å²) in [5.41, 5.74) is 3.79. The number of rotatable bonds is 3. The van der Waals surface area contributed by atoms with Crippen LogP contribution in [0.2, 0.25) is 0 Å². The summed E-state index contributed by atoms with van der Waals surface area (Å²) in [5, 5.41) is 22.8. The van der Waals surface area contributed by atoms with Crippen LogP contribution in [-0.2, 0) is 0 Å². The summed E-state index contributed by atoms with van der Waals surface area (Å²) in [7, 11) is 0. The molecule has 2 aromatic rings. The summed E-state index contributed by atoms with van der Waals surface area (Å²) in [6, 6.07) is 12.9. The lowest BCUT2D eigenvalue weighted by atomic mass is 10.1. The lowest BCUT2D eigenvalue weighted by Crippen LogP contribution is -2.19. The van der Waals surface area contributed by atoms with E-state index in [1.165, 1.54) is 18.2 Å². The van der Waals surface area contributed by atoms with Gasteiger partial charge in [0.25, 0.3) is 5.91 Å². The number of nitrogens with one attached hydrogen (secondary N) is 1. The number of hydrogen-bond donors (Lipinski definition) is 3. The van der Waals surface area contributed by atoms with Crippen molar-refractivity contribution in [3.63, 3.8) is 0 Å². The molecule has 0 radical (unpaired) electrons. The van der Waals surface area contributed by atoms with Gasteiger partial charge in [0.15, 0.2) is 0 Å². The molecule has 0 heterocycles. The van der Waals surface area contributed by atoms with Gasteiger partial charge in [-0.1, -0.05) is 18.2 Å². The first-order chi connectivity index (χ1) is 9.58. The lowest BCUT2D eigenvalue weighted by Gasteiger charge is -2.05. The minimum absolute atomic E-state index is 0.0348. The maximum atomic E-state index is 11.8. The average molecular weight is 270 g/mol. The van der Waals surface area contributed by atoms with Crippen molar-refractivity contribution >= 4 is 11.6 Å². The van der Waals surface area contributed by atoms with Crippen molar-refractivity contribution in [2.45, 2.75) is 6.92 Å². The van der Waals surface area contributed by atoms with Gasteiger partial charge in [-0.2, -0.15) is 5.10 Å². The highest BCUT2D eigenvalue weighted by Gasteiger charge is 2.07. The number of amides is 1. The molecule has 0 aliphatic heterocycles. The van der Waals surface area contributed by atoms with Crippen LogP contribution in [0.3, 0.4) is 0 Å². The zero-order valence-corrected chi connectivity index (χ0v) is 10.9.